The van der Waals surface area contributed by atoms with Crippen molar-refractivity contribution in [2.45, 2.75) is 36.1 Å². The second-order valence-corrected chi connectivity index (χ2v) is 6.51. The van der Waals surface area contributed by atoms with Gasteiger partial charge in [-0.15, -0.1) is 0 Å². The number of benzene rings is 1. The summed E-state index contributed by atoms with van der Waals surface area (Å²) in [4.78, 5) is -0.0303. The number of hydrogen-bond acceptors (Lipinski definition) is 4. The lowest BCUT2D eigenvalue weighted by molar-refractivity contribution is 0.185. The van der Waals surface area contributed by atoms with E-state index in [1.165, 1.54) is 12.1 Å². The summed E-state index contributed by atoms with van der Waals surface area (Å²) in [6.07, 6.45) is 3.03. The minimum Gasteiger partial charge on any atom is -0.394 e. The minimum atomic E-state index is -3.79. The highest BCUT2D eigenvalue weighted by Crippen LogP contribution is 2.31. The molecule has 2 N–H and O–H groups in total. The van der Waals surface area contributed by atoms with Gasteiger partial charge in [-0.1, -0.05) is 25.0 Å². The fourth-order valence-electron chi connectivity index (χ4n) is 2.48. The number of nitrogens with one attached hydrogen (secondary N) is 1. The Morgan fingerprint density at radius 1 is 1.32 bits per heavy atom. The smallest absolute Gasteiger partial charge is 0.242 e. The van der Waals surface area contributed by atoms with Crippen molar-refractivity contribution in [2.24, 2.45) is 0 Å². The molecular formula is C13H16N2O3S. The molecule has 0 amide bonds. The van der Waals surface area contributed by atoms with Crippen LogP contribution in [-0.4, -0.2) is 25.7 Å². The maximum absolute atomic E-state index is 12.4. The van der Waals surface area contributed by atoms with E-state index >= 15 is 0 Å². The molecule has 0 bridgehead atoms. The van der Waals surface area contributed by atoms with Crippen LogP contribution in [0.1, 0.15) is 31.2 Å². The van der Waals surface area contributed by atoms with E-state index < -0.39 is 15.6 Å². The van der Waals surface area contributed by atoms with E-state index in [0.29, 0.717) is 12.8 Å². The quantitative estimate of drug-likeness (QED) is 0.865. The van der Waals surface area contributed by atoms with Crippen LogP contribution in [0.2, 0.25) is 0 Å². The molecule has 0 aliphatic heterocycles. The SMILES string of the molecule is N#Cc1ccccc1S(=O)(=O)NC1(CO)CCCC1. The van der Waals surface area contributed by atoms with Gasteiger partial charge in [-0.05, 0) is 25.0 Å². The molecule has 1 fully saturated rings. The molecule has 1 aliphatic rings. The normalized spacial score (nSPS) is 18.1. The monoisotopic (exact) mass is 280 g/mol. The van der Waals surface area contributed by atoms with E-state index in [1.54, 1.807) is 12.1 Å². The van der Waals surface area contributed by atoms with Gasteiger partial charge in [0.15, 0.2) is 0 Å². The summed E-state index contributed by atoms with van der Waals surface area (Å²) in [6.45, 7) is -0.221. The summed E-state index contributed by atoms with van der Waals surface area (Å²) in [5.41, 5.74) is -0.664. The van der Waals surface area contributed by atoms with Crippen molar-refractivity contribution < 1.29 is 13.5 Å². The fourth-order valence-corrected chi connectivity index (χ4v) is 4.09. The van der Waals surface area contributed by atoms with Crippen LogP contribution in [0.25, 0.3) is 0 Å². The Hall–Kier alpha value is -1.42. The Balaban J connectivity index is 2.36. The zero-order chi connectivity index (χ0) is 13.9. The van der Waals surface area contributed by atoms with Crippen LogP contribution in [0.15, 0.2) is 29.2 Å². The lowest BCUT2D eigenvalue weighted by Crippen LogP contribution is -2.49. The number of nitrogens with zero attached hydrogens (tertiary/aromatic N) is 1. The van der Waals surface area contributed by atoms with Crippen LogP contribution in [0.5, 0.6) is 0 Å². The van der Waals surface area contributed by atoms with Crippen molar-refractivity contribution in [3.63, 3.8) is 0 Å². The molecular weight excluding hydrogens is 264 g/mol. The van der Waals surface area contributed by atoms with Gasteiger partial charge >= 0.3 is 0 Å². The van der Waals surface area contributed by atoms with Gasteiger partial charge in [0.2, 0.25) is 10.0 Å². The first-order valence-electron chi connectivity index (χ1n) is 6.17. The van der Waals surface area contributed by atoms with E-state index in [2.05, 4.69) is 4.72 Å². The van der Waals surface area contributed by atoms with Crippen LogP contribution in [0.4, 0.5) is 0 Å². The molecule has 102 valence electrons. The maximum Gasteiger partial charge on any atom is 0.242 e. The predicted octanol–water partition coefficient (Wildman–Crippen LogP) is 1.14. The average molecular weight is 280 g/mol. The van der Waals surface area contributed by atoms with Crippen LogP contribution in [0, 0.1) is 11.3 Å². The Morgan fingerprint density at radius 2 is 1.95 bits per heavy atom. The molecule has 0 unspecified atom stereocenters. The first kappa shape index (κ1) is 14.0. The summed E-state index contributed by atoms with van der Waals surface area (Å²) < 4.78 is 27.3. The van der Waals surface area contributed by atoms with Crippen LogP contribution >= 0.6 is 0 Å². The van der Waals surface area contributed by atoms with Crippen molar-refractivity contribution in [1.29, 1.82) is 5.26 Å². The zero-order valence-corrected chi connectivity index (χ0v) is 11.3. The van der Waals surface area contributed by atoms with Crippen LogP contribution < -0.4 is 4.72 Å². The topological polar surface area (TPSA) is 90.2 Å². The summed E-state index contributed by atoms with van der Waals surface area (Å²) >= 11 is 0. The number of hydrogen-bond donors (Lipinski definition) is 2. The molecule has 1 aromatic rings. The molecule has 1 aromatic carbocycles. The number of aliphatic hydroxyl groups is 1. The van der Waals surface area contributed by atoms with Crippen molar-refractivity contribution in [3.05, 3.63) is 29.8 Å². The lowest BCUT2D eigenvalue weighted by Gasteiger charge is -2.27. The van der Waals surface area contributed by atoms with Gasteiger partial charge < -0.3 is 5.11 Å². The molecule has 0 heterocycles. The highest BCUT2D eigenvalue weighted by atomic mass is 32.2. The van der Waals surface area contributed by atoms with E-state index in [9.17, 15) is 13.5 Å². The van der Waals surface area contributed by atoms with Gasteiger partial charge in [-0.2, -0.15) is 5.26 Å². The molecule has 5 nitrogen and oxygen atoms in total. The Bertz CT molecular complexity index is 599. The zero-order valence-electron chi connectivity index (χ0n) is 10.5. The third kappa shape index (κ3) is 2.78. The van der Waals surface area contributed by atoms with E-state index in [1.807, 2.05) is 6.07 Å². The molecule has 0 radical (unpaired) electrons. The van der Waals surface area contributed by atoms with E-state index in [0.717, 1.165) is 12.8 Å². The Morgan fingerprint density at radius 3 is 2.53 bits per heavy atom. The molecule has 0 spiro atoms. The highest BCUT2D eigenvalue weighted by Gasteiger charge is 2.38. The second kappa shape index (κ2) is 5.29. The molecule has 0 aromatic heterocycles. The molecule has 6 heteroatoms. The molecule has 0 saturated heterocycles. The fraction of sp³-hybridized carbons (Fsp3) is 0.462. The van der Waals surface area contributed by atoms with Crippen molar-refractivity contribution in [3.8, 4) is 6.07 Å². The van der Waals surface area contributed by atoms with Crippen LogP contribution in [-0.2, 0) is 10.0 Å². The Labute approximate surface area is 112 Å². The molecule has 19 heavy (non-hydrogen) atoms. The lowest BCUT2D eigenvalue weighted by atomic mass is 10.0. The predicted molar refractivity (Wildman–Crippen MR) is 69.8 cm³/mol. The van der Waals surface area contributed by atoms with Crippen molar-refractivity contribution in [1.82, 2.24) is 4.72 Å². The summed E-state index contributed by atoms with van der Waals surface area (Å²) in [5.74, 6) is 0. The van der Waals surface area contributed by atoms with Gasteiger partial charge in [-0.25, -0.2) is 13.1 Å². The third-order valence-corrected chi connectivity index (χ3v) is 5.15. The van der Waals surface area contributed by atoms with Gasteiger partial charge in [0, 0.05) is 0 Å². The van der Waals surface area contributed by atoms with Crippen molar-refractivity contribution >= 4 is 10.0 Å². The summed E-state index contributed by atoms with van der Waals surface area (Å²) in [5, 5.41) is 18.4. The average Bonchev–Trinajstić information content (AvgIpc) is 2.87. The standard InChI is InChI=1S/C13H16N2O3S/c14-9-11-5-1-2-6-12(11)19(17,18)15-13(10-16)7-3-4-8-13/h1-2,5-6,15-16H,3-4,7-8,10H2. The van der Waals surface area contributed by atoms with Gasteiger partial charge in [0.1, 0.15) is 6.07 Å². The van der Waals surface area contributed by atoms with Crippen LogP contribution in [0.3, 0.4) is 0 Å². The second-order valence-electron chi connectivity index (χ2n) is 4.86. The number of nitriles is 1. The molecule has 1 aliphatic carbocycles. The van der Waals surface area contributed by atoms with E-state index in [-0.39, 0.29) is 17.1 Å². The van der Waals surface area contributed by atoms with Crippen molar-refractivity contribution in [2.75, 3.05) is 6.61 Å². The summed E-state index contributed by atoms with van der Waals surface area (Å²) in [7, 11) is -3.79. The largest absolute Gasteiger partial charge is 0.394 e. The van der Waals surface area contributed by atoms with Gasteiger partial charge in [-0.3, -0.25) is 0 Å². The third-order valence-electron chi connectivity index (χ3n) is 3.51. The first-order chi connectivity index (χ1) is 9.03. The molecule has 2 rings (SSSR count). The minimum absolute atomic E-state index is 0.0303. The molecule has 0 atom stereocenters. The molecule has 1 saturated carbocycles. The highest BCUT2D eigenvalue weighted by molar-refractivity contribution is 7.89. The first-order valence-corrected chi connectivity index (χ1v) is 7.65. The van der Waals surface area contributed by atoms with Gasteiger partial charge in [0.05, 0.1) is 22.6 Å². The number of sulfonamides is 1. The maximum atomic E-state index is 12.4. The number of aliphatic hydroxyl groups excluding tert-OH is 1. The Kier molecular flexibility index (Phi) is 3.90. The number of rotatable bonds is 4. The van der Waals surface area contributed by atoms with Gasteiger partial charge in [0.25, 0.3) is 0 Å². The van der Waals surface area contributed by atoms with E-state index in [4.69, 9.17) is 5.26 Å². The summed E-state index contributed by atoms with van der Waals surface area (Å²) in [6, 6.07) is 7.95.